The Morgan fingerprint density at radius 3 is 2.30 bits per heavy atom. The second-order valence-corrected chi connectivity index (χ2v) is 3.87. The largest absolute Gasteiger partial charge is 0.383 e. The summed E-state index contributed by atoms with van der Waals surface area (Å²) < 4.78 is 0. The number of thiazole rings is 1. The van der Waals surface area contributed by atoms with Gasteiger partial charge in [-0.25, -0.2) is 4.98 Å². The lowest BCUT2D eigenvalue weighted by molar-refractivity contribution is 0.889. The number of rotatable bonds is 1. The van der Waals surface area contributed by atoms with Crippen LogP contribution in [0, 0.1) is 6.92 Å². The molecule has 1 aromatic rings. The normalized spacial score (nSPS) is 10.8. The third-order valence-corrected chi connectivity index (χ3v) is 2.60. The van der Waals surface area contributed by atoms with Crippen molar-refractivity contribution in [3.05, 3.63) is 9.88 Å². The van der Waals surface area contributed by atoms with Gasteiger partial charge in [-0.1, -0.05) is 13.8 Å². The van der Waals surface area contributed by atoms with Crippen LogP contribution in [-0.2, 0) is 0 Å². The molecule has 10 heavy (non-hydrogen) atoms. The van der Waals surface area contributed by atoms with Crippen molar-refractivity contribution < 1.29 is 0 Å². The van der Waals surface area contributed by atoms with Crippen LogP contribution in [0.4, 0.5) is 5.82 Å². The molecular formula is C7H12N2S. The third kappa shape index (κ3) is 1.29. The van der Waals surface area contributed by atoms with E-state index in [0.717, 1.165) is 5.01 Å². The number of anilines is 1. The van der Waals surface area contributed by atoms with Gasteiger partial charge in [0.15, 0.2) is 0 Å². The van der Waals surface area contributed by atoms with Gasteiger partial charge in [-0.3, -0.25) is 0 Å². The summed E-state index contributed by atoms with van der Waals surface area (Å²) in [6, 6.07) is 0. The zero-order chi connectivity index (χ0) is 7.72. The maximum atomic E-state index is 5.64. The second-order valence-electron chi connectivity index (χ2n) is 2.64. The first kappa shape index (κ1) is 7.54. The molecule has 1 heterocycles. The van der Waals surface area contributed by atoms with E-state index in [0.29, 0.717) is 11.7 Å². The summed E-state index contributed by atoms with van der Waals surface area (Å²) in [5, 5.41) is 1.06. The minimum absolute atomic E-state index is 0.506. The first-order valence-corrected chi connectivity index (χ1v) is 4.15. The second kappa shape index (κ2) is 2.58. The van der Waals surface area contributed by atoms with Gasteiger partial charge >= 0.3 is 0 Å². The molecule has 0 radical (unpaired) electrons. The van der Waals surface area contributed by atoms with Crippen molar-refractivity contribution in [1.29, 1.82) is 0 Å². The zero-order valence-corrected chi connectivity index (χ0v) is 7.33. The first-order chi connectivity index (χ1) is 4.61. The van der Waals surface area contributed by atoms with E-state index in [1.165, 1.54) is 4.88 Å². The Balaban J connectivity index is 3.03. The highest BCUT2D eigenvalue weighted by Crippen LogP contribution is 2.27. The minimum Gasteiger partial charge on any atom is -0.383 e. The van der Waals surface area contributed by atoms with Crippen LogP contribution in [-0.4, -0.2) is 4.98 Å². The Hall–Kier alpha value is -0.570. The van der Waals surface area contributed by atoms with Crippen LogP contribution in [0.1, 0.15) is 29.7 Å². The van der Waals surface area contributed by atoms with Crippen LogP contribution >= 0.6 is 11.3 Å². The minimum atomic E-state index is 0.506. The summed E-state index contributed by atoms with van der Waals surface area (Å²) in [7, 11) is 0. The number of nitrogens with two attached hydrogens (primary N) is 1. The van der Waals surface area contributed by atoms with E-state index in [9.17, 15) is 0 Å². The molecule has 0 unspecified atom stereocenters. The van der Waals surface area contributed by atoms with Crippen LogP contribution in [0.3, 0.4) is 0 Å². The number of nitrogen functional groups attached to an aromatic ring is 1. The van der Waals surface area contributed by atoms with E-state index >= 15 is 0 Å². The van der Waals surface area contributed by atoms with E-state index in [2.05, 4.69) is 18.8 Å². The summed E-state index contributed by atoms with van der Waals surface area (Å²) in [6.07, 6.45) is 0. The van der Waals surface area contributed by atoms with Crippen molar-refractivity contribution >= 4 is 17.2 Å². The molecule has 0 atom stereocenters. The molecule has 0 bridgehead atoms. The van der Waals surface area contributed by atoms with E-state index < -0.39 is 0 Å². The Kier molecular flexibility index (Phi) is 1.94. The highest BCUT2D eigenvalue weighted by molar-refractivity contribution is 7.12. The molecule has 0 amide bonds. The van der Waals surface area contributed by atoms with Crippen LogP contribution in [0.5, 0.6) is 0 Å². The summed E-state index contributed by atoms with van der Waals surface area (Å²) >= 11 is 1.69. The maximum Gasteiger partial charge on any atom is 0.138 e. The van der Waals surface area contributed by atoms with Crippen molar-refractivity contribution in [2.75, 3.05) is 5.73 Å². The molecule has 1 aromatic heterocycles. The van der Waals surface area contributed by atoms with E-state index in [1.807, 2.05) is 6.92 Å². The first-order valence-electron chi connectivity index (χ1n) is 3.34. The summed E-state index contributed by atoms with van der Waals surface area (Å²) in [5.41, 5.74) is 5.64. The smallest absolute Gasteiger partial charge is 0.138 e. The molecule has 0 aliphatic heterocycles. The summed E-state index contributed by atoms with van der Waals surface area (Å²) in [4.78, 5) is 5.33. The summed E-state index contributed by atoms with van der Waals surface area (Å²) in [6.45, 7) is 6.24. The lowest BCUT2D eigenvalue weighted by Gasteiger charge is -1.98. The Labute approximate surface area is 65.1 Å². The van der Waals surface area contributed by atoms with E-state index in [1.54, 1.807) is 11.3 Å². The fourth-order valence-electron chi connectivity index (χ4n) is 0.873. The molecule has 2 N–H and O–H groups in total. The molecule has 0 spiro atoms. The fraction of sp³-hybridized carbons (Fsp3) is 0.571. The standard InChI is InChI=1S/C7H12N2S/c1-4(2)6-7(8)9-5(3)10-6/h4H,8H2,1-3H3. The van der Waals surface area contributed by atoms with Crippen molar-refractivity contribution in [1.82, 2.24) is 4.98 Å². The molecule has 0 saturated heterocycles. The topological polar surface area (TPSA) is 38.9 Å². The van der Waals surface area contributed by atoms with Crippen LogP contribution in [0.15, 0.2) is 0 Å². The predicted molar refractivity (Wildman–Crippen MR) is 45.4 cm³/mol. The SMILES string of the molecule is Cc1nc(N)c(C(C)C)s1. The van der Waals surface area contributed by atoms with Crippen molar-refractivity contribution in [2.24, 2.45) is 0 Å². The molecule has 2 nitrogen and oxygen atoms in total. The van der Waals surface area contributed by atoms with E-state index in [4.69, 9.17) is 5.73 Å². The fourth-order valence-corrected chi connectivity index (χ4v) is 1.72. The average Bonchev–Trinajstić information content (AvgIpc) is 2.10. The van der Waals surface area contributed by atoms with Gasteiger partial charge < -0.3 is 5.73 Å². The molecule has 0 fully saturated rings. The van der Waals surface area contributed by atoms with Crippen LogP contribution in [0.2, 0.25) is 0 Å². The number of aromatic nitrogens is 1. The molecule has 56 valence electrons. The van der Waals surface area contributed by atoms with Gasteiger partial charge in [0.25, 0.3) is 0 Å². The molecule has 3 heteroatoms. The average molecular weight is 156 g/mol. The van der Waals surface area contributed by atoms with Gasteiger partial charge in [0, 0.05) is 0 Å². The zero-order valence-electron chi connectivity index (χ0n) is 6.51. The number of hydrogen-bond acceptors (Lipinski definition) is 3. The quantitative estimate of drug-likeness (QED) is 0.676. The van der Waals surface area contributed by atoms with Crippen molar-refractivity contribution in [3.8, 4) is 0 Å². The number of nitrogens with zero attached hydrogens (tertiary/aromatic N) is 1. The Bertz CT molecular complexity index is 228. The van der Waals surface area contributed by atoms with E-state index in [-0.39, 0.29) is 0 Å². The van der Waals surface area contributed by atoms with Gasteiger partial charge in [0.05, 0.1) is 9.88 Å². The Morgan fingerprint density at radius 2 is 2.10 bits per heavy atom. The van der Waals surface area contributed by atoms with Crippen LogP contribution < -0.4 is 5.73 Å². The lowest BCUT2D eigenvalue weighted by Crippen LogP contribution is -1.91. The third-order valence-electron chi connectivity index (χ3n) is 1.31. The van der Waals surface area contributed by atoms with Crippen molar-refractivity contribution in [3.63, 3.8) is 0 Å². The highest BCUT2D eigenvalue weighted by atomic mass is 32.1. The monoisotopic (exact) mass is 156 g/mol. The van der Waals surface area contributed by atoms with Gasteiger partial charge in [0.1, 0.15) is 5.82 Å². The highest BCUT2D eigenvalue weighted by Gasteiger charge is 2.08. The van der Waals surface area contributed by atoms with Gasteiger partial charge in [-0.2, -0.15) is 0 Å². The van der Waals surface area contributed by atoms with Crippen molar-refractivity contribution in [2.45, 2.75) is 26.7 Å². The molecule has 1 rings (SSSR count). The predicted octanol–water partition coefficient (Wildman–Crippen LogP) is 2.16. The van der Waals surface area contributed by atoms with Crippen LogP contribution in [0.25, 0.3) is 0 Å². The molecule has 0 saturated carbocycles. The molecule has 0 aliphatic carbocycles. The van der Waals surface area contributed by atoms with Gasteiger partial charge in [-0.05, 0) is 12.8 Å². The van der Waals surface area contributed by atoms with Gasteiger partial charge in [0.2, 0.25) is 0 Å². The molecule has 0 aliphatic rings. The maximum absolute atomic E-state index is 5.64. The summed E-state index contributed by atoms with van der Waals surface area (Å²) in [5.74, 6) is 1.21. The molecule has 0 aromatic carbocycles. The lowest BCUT2D eigenvalue weighted by atomic mass is 10.2. The number of hydrogen-bond donors (Lipinski definition) is 1. The Morgan fingerprint density at radius 1 is 1.50 bits per heavy atom. The molecular weight excluding hydrogens is 144 g/mol. The van der Waals surface area contributed by atoms with Gasteiger partial charge in [-0.15, -0.1) is 11.3 Å². The number of aryl methyl sites for hydroxylation is 1.